The van der Waals surface area contributed by atoms with Crippen molar-refractivity contribution >= 4 is 15.7 Å². The largest absolute Gasteiger partial charge is 0.493 e. The van der Waals surface area contributed by atoms with Gasteiger partial charge in [-0.25, -0.2) is 12.8 Å². The Balaban J connectivity index is 1.72. The van der Waals surface area contributed by atoms with Gasteiger partial charge in [0.05, 0.1) is 19.0 Å². The van der Waals surface area contributed by atoms with Gasteiger partial charge < -0.3 is 14.7 Å². The first-order valence-electron chi connectivity index (χ1n) is 10.6. The van der Waals surface area contributed by atoms with E-state index in [0.29, 0.717) is 18.9 Å². The van der Waals surface area contributed by atoms with Crippen molar-refractivity contribution in [2.24, 2.45) is 11.3 Å². The minimum atomic E-state index is -3.83. The zero-order valence-electron chi connectivity index (χ0n) is 18.2. The van der Waals surface area contributed by atoms with Gasteiger partial charge in [-0.2, -0.15) is 0 Å². The molecule has 1 fully saturated rings. The van der Waals surface area contributed by atoms with Crippen LogP contribution in [0.15, 0.2) is 23.1 Å². The van der Waals surface area contributed by atoms with Crippen LogP contribution in [0.25, 0.3) is 0 Å². The van der Waals surface area contributed by atoms with Gasteiger partial charge in [0.15, 0.2) is 9.84 Å². The van der Waals surface area contributed by atoms with Gasteiger partial charge in [-0.3, -0.25) is 4.79 Å². The fourth-order valence-corrected chi connectivity index (χ4v) is 4.74. The van der Waals surface area contributed by atoms with Crippen LogP contribution in [-0.2, 0) is 14.6 Å². The van der Waals surface area contributed by atoms with E-state index in [1.54, 1.807) is 0 Å². The molecular formula is C22H34FNO5S. The molecule has 0 saturated carbocycles. The highest BCUT2D eigenvalue weighted by Crippen LogP contribution is 2.26. The second-order valence-electron chi connectivity index (χ2n) is 9.19. The van der Waals surface area contributed by atoms with Gasteiger partial charge in [0.2, 0.25) is 5.91 Å². The van der Waals surface area contributed by atoms with Crippen LogP contribution in [0.5, 0.6) is 5.75 Å². The summed E-state index contributed by atoms with van der Waals surface area (Å²) in [4.78, 5) is 13.9. The van der Waals surface area contributed by atoms with E-state index in [0.717, 1.165) is 44.8 Å². The first kappa shape index (κ1) is 24.6. The third kappa shape index (κ3) is 7.54. The molecule has 1 N–H and O–H groups in total. The Hall–Kier alpha value is -1.67. The summed E-state index contributed by atoms with van der Waals surface area (Å²) >= 11 is 0. The Morgan fingerprint density at radius 1 is 1.27 bits per heavy atom. The van der Waals surface area contributed by atoms with Crippen molar-refractivity contribution in [2.75, 3.05) is 32.1 Å². The number of halogens is 1. The van der Waals surface area contributed by atoms with E-state index >= 15 is 0 Å². The first-order valence-corrected chi connectivity index (χ1v) is 12.2. The van der Waals surface area contributed by atoms with Crippen molar-refractivity contribution in [3.8, 4) is 5.75 Å². The van der Waals surface area contributed by atoms with Crippen molar-refractivity contribution in [1.29, 1.82) is 0 Å². The first-order chi connectivity index (χ1) is 14.0. The van der Waals surface area contributed by atoms with E-state index in [2.05, 4.69) is 20.8 Å². The number of carbonyl (C=O) groups is 1. The standard InChI is InChI=1S/C22H34FNO5S/c1-22(2,3)16-21(26)24-10-8-17(9-11-24)5-4-13-29-18-6-7-20(19(23)15-18)30(27,28)14-12-25/h6-7,15,17,25H,4-5,8-14,16H2,1-3H3. The highest BCUT2D eigenvalue weighted by Gasteiger charge is 2.25. The quantitative estimate of drug-likeness (QED) is 0.591. The number of sulfone groups is 1. The lowest BCUT2D eigenvalue weighted by molar-refractivity contribution is -0.134. The number of hydrogen-bond acceptors (Lipinski definition) is 5. The average molecular weight is 444 g/mol. The molecule has 0 radical (unpaired) electrons. The van der Waals surface area contributed by atoms with E-state index in [4.69, 9.17) is 9.84 Å². The lowest BCUT2D eigenvalue weighted by Crippen LogP contribution is -2.39. The van der Waals surface area contributed by atoms with Crippen molar-refractivity contribution in [2.45, 2.75) is 57.8 Å². The van der Waals surface area contributed by atoms with Crippen LogP contribution < -0.4 is 4.74 Å². The molecule has 0 aliphatic carbocycles. The smallest absolute Gasteiger partial charge is 0.223 e. The molecule has 0 atom stereocenters. The van der Waals surface area contributed by atoms with Gasteiger partial charge in [0.25, 0.3) is 0 Å². The third-order valence-electron chi connectivity index (χ3n) is 5.27. The summed E-state index contributed by atoms with van der Waals surface area (Å²) in [5.74, 6) is -0.304. The molecule has 0 aromatic heterocycles. The molecule has 1 amide bonds. The van der Waals surface area contributed by atoms with E-state index in [9.17, 15) is 17.6 Å². The number of ether oxygens (including phenoxy) is 1. The van der Waals surface area contributed by atoms with Gasteiger partial charge in [-0.1, -0.05) is 20.8 Å². The number of piperidine rings is 1. The highest BCUT2D eigenvalue weighted by molar-refractivity contribution is 7.91. The van der Waals surface area contributed by atoms with Crippen molar-refractivity contribution in [1.82, 2.24) is 4.90 Å². The van der Waals surface area contributed by atoms with Crippen LogP contribution in [0.3, 0.4) is 0 Å². The molecule has 0 spiro atoms. The molecule has 30 heavy (non-hydrogen) atoms. The second-order valence-corrected chi connectivity index (χ2v) is 11.3. The van der Waals surface area contributed by atoms with Gasteiger partial charge in [-0.15, -0.1) is 0 Å². The Kier molecular flexibility index (Phi) is 8.67. The van der Waals surface area contributed by atoms with E-state index < -0.39 is 32.9 Å². The lowest BCUT2D eigenvalue weighted by Gasteiger charge is -2.33. The zero-order valence-corrected chi connectivity index (χ0v) is 19.0. The van der Waals surface area contributed by atoms with Crippen LogP contribution in [0.2, 0.25) is 0 Å². The van der Waals surface area contributed by atoms with Gasteiger partial charge in [0.1, 0.15) is 16.5 Å². The summed E-state index contributed by atoms with van der Waals surface area (Å²) in [6, 6.07) is 3.69. The summed E-state index contributed by atoms with van der Waals surface area (Å²) in [6.07, 6.45) is 4.34. The number of hydrogen-bond donors (Lipinski definition) is 1. The zero-order chi connectivity index (χ0) is 22.4. The molecular weight excluding hydrogens is 409 g/mol. The second kappa shape index (κ2) is 10.6. The van der Waals surface area contributed by atoms with Crippen LogP contribution in [0.1, 0.15) is 52.9 Å². The molecule has 0 bridgehead atoms. The van der Waals surface area contributed by atoms with Crippen molar-refractivity contribution in [3.63, 3.8) is 0 Å². The van der Waals surface area contributed by atoms with E-state index in [1.807, 2.05) is 4.90 Å². The molecule has 0 unspecified atom stereocenters. The number of amides is 1. The highest BCUT2D eigenvalue weighted by atomic mass is 32.2. The average Bonchev–Trinajstić information content (AvgIpc) is 2.64. The fraction of sp³-hybridized carbons (Fsp3) is 0.682. The van der Waals surface area contributed by atoms with Gasteiger partial charge in [-0.05, 0) is 49.1 Å². The Morgan fingerprint density at radius 2 is 1.93 bits per heavy atom. The Bertz CT molecular complexity index is 811. The Morgan fingerprint density at radius 3 is 2.50 bits per heavy atom. The molecule has 1 aliphatic rings. The molecule has 6 nitrogen and oxygen atoms in total. The molecule has 1 heterocycles. The van der Waals surface area contributed by atoms with Crippen LogP contribution >= 0.6 is 0 Å². The SMILES string of the molecule is CC(C)(C)CC(=O)N1CCC(CCCOc2ccc(S(=O)(=O)CCO)c(F)c2)CC1. The predicted molar refractivity (Wildman–Crippen MR) is 114 cm³/mol. The molecule has 8 heteroatoms. The number of aliphatic hydroxyl groups is 1. The molecule has 1 saturated heterocycles. The van der Waals surface area contributed by atoms with Crippen LogP contribution in [-0.4, -0.2) is 56.4 Å². The number of rotatable bonds is 9. The third-order valence-corrected chi connectivity index (χ3v) is 6.99. The number of benzene rings is 1. The van der Waals surface area contributed by atoms with Crippen LogP contribution in [0, 0.1) is 17.2 Å². The molecule has 1 aliphatic heterocycles. The minimum Gasteiger partial charge on any atom is -0.493 e. The summed E-state index contributed by atoms with van der Waals surface area (Å²) in [6.45, 7) is 7.70. The molecule has 1 aromatic rings. The number of likely N-dealkylation sites (tertiary alicyclic amines) is 1. The maximum atomic E-state index is 14.1. The summed E-state index contributed by atoms with van der Waals surface area (Å²) in [7, 11) is -3.83. The normalized spacial score (nSPS) is 16.0. The monoisotopic (exact) mass is 443 g/mol. The summed E-state index contributed by atoms with van der Waals surface area (Å²) in [5.41, 5.74) is 0.00592. The van der Waals surface area contributed by atoms with Crippen LogP contribution in [0.4, 0.5) is 4.39 Å². The number of aliphatic hydroxyl groups excluding tert-OH is 1. The maximum Gasteiger partial charge on any atom is 0.223 e. The number of carbonyl (C=O) groups excluding carboxylic acids is 1. The predicted octanol–water partition coefficient (Wildman–Crippen LogP) is 3.43. The summed E-state index contributed by atoms with van der Waals surface area (Å²) < 4.78 is 43.4. The summed E-state index contributed by atoms with van der Waals surface area (Å²) in [5, 5.41) is 8.80. The van der Waals surface area contributed by atoms with E-state index in [1.165, 1.54) is 12.1 Å². The van der Waals surface area contributed by atoms with Gasteiger partial charge >= 0.3 is 0 Å². The molecule has 1 aromatic carbocycles. The number of nitrogens with zero attached hydrogens (tertiary/aromatic N) is 1. The Labute approximate surface area is 179 Å². The van der Waals surface area contributed by atoms with Crippen molar-refractivity contribution < 1.29 is 27.4 Å². The topological polar surface area (TPSA) is 83.9 Å². The van der Waals surface area contributed by atoms with E-state index in [-0.39, 0.29) is 17.1 Å². The molecule has 170 valence electrons. The molecule has 2 rings (SSSR count). The lowest BCUT2D eigenvalue weighted by atomic mass is 9.89. The fourth-order valence-electron chi connectivity index (χ4n) is 3.65. The minimum absolute atomic E-state index is 0.00592. The van der Waals surface area contributed by atoms with Crippen molar-refractivity contribution in [3.05, 3.63) is 24.0 Å². The maximum absolute atomic E-state index is 14.1. The van der Waals surface area contributed by atoms with Gasteiger partial charge in [0, 0.05) is 25.6 Å².